The lowest BCUT2D eigenvalue weighted by atomic mass is 10.0. The average molecular weight is 361 g/mol. The third-order valence-corrected chi connectivity index (χ3v) is 4.84. The largest absolute Gasteiger partial charge is 0.478 e. The fourth-order valence-corrected chi connectivity index (χ4v) is 3.46. The van der Waals surface area contributed by atoms with Gasteiger partial charge in [0.25, 0.3) is 11.6 Å². The first-order chi connectivity index (χ1) is 12.4. The number of carbonyl (C=O) groups excluding carboxylic acids is 2. The predicted molar refractivity (Wildman–Crippen MR) is 95.1 cm³/mol. The van der Waals surface area contributed by atoms with Crippen LogP contribution in [0.5, 0.6) is 5.75 Å². The third-order valence-electron chi connectivity index (χ3n) is 4.84. The summed E-state index contributed by atoms with van der Waals surface area (Å²) in [5.74, 6) is -0.400. The Morgan fingerprint density at radius 3 is 2.69 bits per heavy atom. The van der Waals surface area contributed by atoms with E-state index in [0.717, 1.165) is 25.7 Å². The molecular weight excluding hydrogens is 338 g/mol. The van der Waals surface area contributed by atoms with Crippen LogP contribution in [-0.2, 0) is 9.59 Å². The fourth-order valence-electron chi connectivity index (χ4n) is 3.46. The molecule has 0 aromatic heterocycles. The highest BCUT2D eigenvalue weighted by Crippen LogP contribution is 2.38. The molecule has 1 atom stereocenters. The number of anilines is 1. The van der Waals surface area contributed by atoms with Gasteiger partial charge in [-0.1, -0.05) is 26.7 Å². The maximum atomic E-state index is 12.8. The number of fused-ring (bicyclic) bond motifs is 1. The second kappa shape index (κ2) is 7.31. The van der Waals surface area contributed by atoms with E-state index in [-0.39, 0.29) is 41.8 Å². The Balaban J connectivity index is 1.85. The van der Waals surface area contributed by atoms with Crippen molar-refractivity contribution in [1.82, 2.24) is 5.32 Å². The van der Waals surface area contributed by atoms with Crippen molar-refractivity contribution in [3.05, 3.63) is 28.3 Å². The summed E-state index contributed by atoms with van der Waals surface area (Å²) in [5.41, 5.74) is 0.273. The van der Waals surface area contributed by atoms with Crippen molar-refractivity contribution in [3.63, 3.8) is 0 Å². The van der Waals surface area contributed by atoms with Crippen LogP contribution >= 0.6 is 0 Å². The number of nitrogens with one attached hydrogen (secondary N) is 1. The molecule has 8 nitrogen and oxygen atoms in total. The molecule has 1 aliphatic carbocycles. The highest BCUT2D eigenvalue weighted by atomic mass is 16.6. The van der Waals surface area contributed by atoms with E-state index < -0.39 is 11.0 Å². The number of benzene rings is 1. The van der Waals surface area contributed by atoms with E-state index in [1.807, 2.05) is 13.8 Å². The number of hydrogen-bond donors (Lipinski definition) is 1. The molecule has 0 spiro atoms. The predicted octanol–water partition coefficient (Wildman–Crippen LogP) is 2.40. The van der Waals surface area contributed by atoms with Gasteiger partial charge in [0.15, 0.2) is 11.9 Å². The summed E-state index contributed by atoms with van der Waals surface area (Å²) in [6.07, 6.45) is 3.34. The molecular formula is C18H23N3O5. The molecule has 1 unspecified atom stereocenters. The zero-order chi connectivity index (χ0) is 18.8. The van der Waals surface area contributed by atoms with Crippen molar-refractivity contribution >= 4 is 23.2 Å². The SMILES string of the molecule is CC(C)C1Oc2cc([N+](=O)[O-])ccc2N(CC(=O)NC2CCCC2)C1=O. The number of carbonyl (C=O) groups is 2. The van der Waals surface area contributed by atoms with E-state index in [0.29, 0.717) is 5.69 Å². The summed E-state index contributed by atoms with van der Waals surface area (Å²) in [6, 6.07) is 4.24. The standard InChI is InChI=1S/C18H23N3O5/c1-11(2)17-18(23)20(10-16(22)19-12-5-3-4-6-12)14-8-7-13(21(24)25)9-15(14)26-17/h7-9,11-12,17H,3-6,10H2,1-2H3,(H,19,22). The topological polar surface area (TPSA) is 102 Å². The van der Waals surface area contributed by atoms with Crippen molar-refractivity contribution in [2.45, 2.75) is 51.7 Å². The van der Waals surface area contributed by atoms with Gasteiger partial charge in [0.1, 0.15) is 6.54 Å². The minimum absolute atomic E-state index is 0.115. The maximum absolute atomic E-state index is 12.8. The Bertz CT molecular complexity index is 728. The first-order valence-corrected chi connectivity index (χ1v) is 8.92. The van der Waals surface area contributed by atoms with Gasteiger partial charge in [-0.2, -0.15) is 0 Å². The van der Waals surface area contributed by atoms with Gasteiger partial charge in [0.05, 0.1) is 16.7 Å². The molecule has 1 saturated carbocycles. The highest BCUT2D eigenvalue weighted by molar-refractivity contribution is 6.04. The second-order valence-corrected chi connectivity index (χ2v) is 7.16. The molecule has 1 fully saturated rings. The van der Waals surface area contributed by atoms with Crippen LogP contribution in [0.3, 0.4) is 0 Å². The number of nitrogens with zero attached hydrogens (tertiary/aromatic N) is 2. The zero-order valence-corrected chi connectivity index (χ0v) is 14.9. The minimum Gasteiger partial charge on any atom is -0.478 e. The molecule has 0 saturated heterocycles. The van der Waals surface area contributed by atoms with Crippen LogP contribution in [0.15, 0.2) is 18.2 Å². The van der Waals surface area contributed by atoms with E-state index in [2.05, 4.69) is 5.32 Å². The Hall–Kier alpha value is -2.64. The molecule has 140 valence electrons. The Labute approximate surface area is 151 Å². The van der Waals surface area contributed by atoms with Crippen LogP contribution in [-0.4, -0.2) is 35.4 Å². The van der Waals surface area contributed by atoms with Crippen molar-refractivity contribution in [3.8, 4) is 5.75 Å². The molecule has 1 aromatic carbocycles. The van der Waals surface area contributed by atoms with Gasteiger partial charge in [0, 0.05) is 12.1 Å². The van der Waals surface area contributed by atoms with E-state index in [1.165, 1.54) is 23.1 Å². The van der Waals surface area contributed by atoms with Crippen molar-refractivity contribution in [2.75, 3.05) is 11.4 Å². The van der Waals surface area contributed by atoms with Crippen LogP contribution in [0.1, 0.15) is 39.5 Å². The highest BCUT2D eigenvalue weighted by Gasteiger charge is 2.38. The third kappa shape index (κ3) is 3.63. The molecule has 0 bridgehead atoms. The lowest BCUT2D eigenvalue weighted by Crippen LogP contribution is -2.52. The van der Waals surface area contributed by atoms with Crippen LogP contribution < -0.4 is 15.0 Å². The number of nitro benzene ring substituents is 1. The average Bonchev–Trinajstić information content (AvgIpc) is 3.09. The fraction of sp³-hybridized carbons (Fsp3) is 0.556. The summed E-state index contributed by atoms with van der Waals surface area (Å²) < 4.78 is 5.71. The molecule has 1 aliphatic heterocycles. The summed E-state index contributed by atoms with van der Waals surface area (Å²) in [7, 11) is 0. The van der Waals surface area contributed by atoms with Crippen molar-refractivity contribution < 1.29 is 19.2 Å². The van der Waals surface area contributed by atoms with Crippen molar-refractivity contribution in [2.24, 2.45) is 5.92 Å². The normalized spacial score (nSPS) is 20.0. The molecule has 3 rings (SSSR count). The van der Waals surface area contributed by atoms with Crippen LogP contribution in [0.2, 0.25) is 0 Å². The zero-order valence-electron chi connectivity index (χ0n) is 14.9. The Kier molecular flexibility index (Phi) is 5.11. The number of rotatable bonds is 5. The molecule has 26 heavy (non-hydrogen) atoms. The minimum atomic E-state index is -0.774. The first-order valence-electron chi connectivity index (χ1n) is 8.92. The smallest absolute Gasteiger partial charge is 0.273 e. The van der Waals surface area contributed by atoms with Crippen LogP contribution in [0.25, 0.3) is 0 Å². The molecule has 1 heterocycles. The molecule has 1 N–H and O–H groups in total. The van der Waals surface area contributed by atoms with Gasteiger partial charge in [-0.05, 0) is 24.8 Å². The maximum Gasteiger partial charge on any atom is 0.273 e. The van der Waals surface area contributed by atoms with Crippen LogP contribution in [0.4, 0.5) is 11.4 Å². The number of nitro groups is 1. The summed E-state index contributed by atoms with van der Waals surface area (Å²) in [5, 5.41) is 14.0. The number of amides is 2. The van der Waals surface area contributed by atoms with Gasteiger partial charge in [-0.3, -0.25) is 24.6 Å². The molecule has 0 radical (unpaired) electrons. The molecule has 8 heteroatoms. The summed E-state index contributed by atoms with van der Waals surface area (Å²) in [4.78, 5) is 37.1. The van der Waals surface area contributed by atoms with Crippen molar-refractivity contribution in [1.29, 1.82) is 0 Å². The van der Waals surface area contributed by atoms with E-state index in [1.54, 1.807) is 0 Å². The lowest BCUT2D eigenvalue weighted by molar-refractivity contribution is -0.384. The number of ether oxygens (including phenoxy) is 1. The van der Waals surface area contributed by atoms with Gasteiger partial charge in [-0.25, -0.2) is 0 Å². The number of non-ortho nitro benzene ring substituents is 1. The Morgan fingerprint density at radius 2 is 2.08 bits per heavy atom. The lowest BCUT2D eigenvalue weighted by Gasteiger charge is -2.35. The van der Waals surface area contributed by atoms with Gasteiger partial charge in [0.2, 0.25) is 5.91 Å². The second-order valence-electron chi connectivity index (χ2n) is 7.16. The molecule has 2 aliphatic rings. The summed E-state index contributed by atoms with van der Waals surface area (Å²) >= 11 is 0. The Morgan fingerprint density at radius 1 is 1.38 bits per heavy atom. The summed E-state index contributed by atoms with van der Waals surface area (Å²) in [6.45, 7) is 3.55. The molecule has 1 aromatic rings. The quantitative estimate of drug-likeness (QED) is 0.641. The van der Waals surface area contributed by atoms with E-state index in [9.17, 15) is 19.7 Å². The van der Waals surface area contributed by atoms with E-state index in [4.69, 9.17) is 4.74 Å². The first kappa shape index (κ1) is 18.2. The van der Waals surface area contributed by atoms with Gasteiger partial charge in [-0.15, -0.1) is 0 Å². The van der Waals surface area contributed by atoms with Gasteiger partial charge >= 0.3 is 0 Å². The number of hydrogen-bond acceptors (Lipinski definition) is 5. The van der Waals surface area contributed by atoms with Gasteiger partial charge < -0.3 is 10.1 Å². The molecule has 2 amide bonds. The van der Waals surface area contributed by atoms with E-state index >= 15 is 0 Å². The monoisotopic (exact) mass is 361 g/mol. The van der Waals surface area contributed by atoms with Crippen LogP contribution in [0, 0.1) is 16.0 Å².